The topological polar surface area (TPSA) is 66.8 Å². The van der Waals surface area contributed by atoms with Gasteiger partial charge in [0, 0.05) is 24.3 Å². The van der Waals surface area contributed by atoms with Gasteiger partial charge in [0.05, 0.1) is 12.1 Å². The zero-order valence-corrected chi connectivity index (χ0v) is 19.5. The number of carbonyl (C=O) groups excluding carboxylic acids is 2. The number of nitrogens with zero attached hydrogens (tertiary/aromatic N) is 1. The molecule has 1 aromatic rings. The number of unbranched alkanes of at least 4 members (excludes halogenated alkanes) is 3. The van der Waals surface area contributed by atoms with Gasteiger partial charge in [-0.25, -0.2) is 0 Å². The van der Waals surface area contributed by atoms with Crippen molar-refractivity contribution in [2.75, 3.05) is 12.3 Å². The molecule has 1 aliphatic heterocycles. The first-order valence-electron chi connectivity index (χ1n) is 11.1. The average molecular weight is 470 g/mol. The van der Waals surface area contributed by atoms with Gasteiger partial charge in [0.1, 0.15) is 6.10 Å². The number of halogens is 2. The van der Waals surface area contributed by atoms with Crippen LogP contribution in [0.1, 0.15) is 57.9 Å². The molecule has 178 valence electrons. The van der Waals surface area contributed by atoms with E-state index in [1.165, 1.54) is 42.1 Å². The van der Waals surface area contributed by atoms with E-state index in [0.717, 1.165) is 31.8 Å². The molecule has 0 aromatic heterocycles. The van der Waals surface area contributed by atoms with E-state index in [0.29, 0.717) is 25.1 Å². The Hall–Kier alpha value is -1.93. The minimum absolute atomic E-state index is 0.0734. The Morgan fingerprint density at radius 2 is 1.94 bits per heavy atom. The molecule has 0 aliphatic carbocycles. The van der Waals surface area contributed by atoms with E-state index in [1.807, 2.05) is 13.8 Å². The summed E-state index contributed by atoms with van der Waals surface area (Å²) >= 11 is 1.23. The predicted molar refractivity (Wildman–Crippen MR) is 123 cm³/mol. The maximum absolute atomic E-state index is 14.5. The van der Waals surface area contributed by atoms with Crippen molar-refractivity contribution in [3.63, 3.8) is 0 Å². The summed E-state index contributed by atoms with van der Waals surface area (Å²) in [6.45, 7) is 4.15. The number of amides is 1. The smallest absolute Gasteiger partial charge is 0.306 e. The summed E-state index contributed by atoms with van der Waals surface area (Å²) in [6, 6.07) is 6.91. The second-order valence-electron chi connectivity index (χ2n) is 8.19. The molecule has 1 N–H and O–H groups in total. The standard InChI is InChI=1S/C24H33F2NO4S/c1-18(2)31-22(29)12-8-3-4-9-16-27-20(15-17-32-23(27)30)13-14-21(28)24(25,26)19-10-6-5-7-11-19/h5-7,10-11,13-14,18,20-21,28H,3-4,8-9,12,15-17H2,1-2H3. The fraction of sp³-hybridized carbons (Fsp3) is 0.583. The highest BCUT2D eigenvalue weighted by atomic mass is 32.2. The molecule has 1 amide bonds. The molecule has 1 saturated heterocycles. The van der Waals surface area contributed by atoms with Crippen molar-refractivity contribution in [1.29, 1.82) is 0 Å². The monoisotopic (exact) mass is 469 g/mol. The fourth-order valence-corrected chi connectivity index (χ4v) is 4.44. The molecular weight excluding hydrogens is 436 g/mol. The number of thioether (sulfide) groups is 1. The molecular formula is C24H33F2NO4S. The SMILES string of the molecule is CC(C)OC(=O)CCCCCCN1C(=O)SCCC1C=CC(O)C(F)(F)c1ccccc1. The molecule has 1 aromatic carbocycles. The van der Waals surface area contributed by atoms with Gasteiger partial charge in [-0.15, -0.1) is 0 Å². The molecule has 0 radical (unpaired) electrons. The Balaban J connectivity index is 1.83. The number of rotatable bonds is 12. The van der Waals surface area contributed by atoms with Gasteiger partial charge in [0.15, 0.2) is 0 Å². The van der Waals surface area contributed by atoms with E-state index in [-0.39, 0.29) is 28.9 Å². The van der Waals surface area contributed by atoms with Crippen molar-refractivity contribution in [3.8, 4) is 0 Å². The Labute approximate surface area is 193 Å². The minimum atomic E-state index is -3.41. The lowest BCUT2D eigenvalue weighted by atomic mass is 10.0. The van der Waals surface area contributed by atoms with Gasteiger partial charge in [0.2, 0.25) is 0 Å². The molecule has 0 bridgehead atoms. The molecule has 0 saturated carbocycles. The number of hydrogen-bond acceptors (Lipinski definition) is 5. The summed E-state index contributed by atoms with van der Waals surface area (Å²) < 4.78 is 34.1. The molecule has 0 spiro atoms. The van der Waals surface area contributed by atoms with Crippen LogP contribution in [0.2, 0.25) is 0 Å². The number of carbonyl (C=O) groups is 2. The van der Waals surface area contributed by atoms with Crippen LogP contribution >= 0.6 is 11.8 Å². The van der Waals surface area contributed by atoms with Gasteiger partial charge in [0.25, 0.3) is 5.24 Å². The summed E-state index contributed by atoms with van der Waals surface area (Å²) in [5, 5.41) is 10.0. The van der Waals surface area contributed by atoms with Crippen molar-refractivity contribution >= 4 is 23.0 Å². The van der Waals surface area contributed by atoms with Crippen molar-refractivity contribution in [3.05, 3.63) is 48.0 Å². The van der Waals surface area contributed by atoms with E-state index in [2.05, 4.69) is 0 Å². The summed E-state index contributed by atoms with van der Waals surface area (Å²) in [4.78, 5) is 25.6. The second kappa shape index (κ2) is 12.9. The largest absolute Gasteiger partial charge is 0.463 e. The zero-order chi connectivity index (χ0) is 23.6. The minimum Gasteiger partial charge on any atom is -0.463 e. The lowest BCUT2D eigenvalue weighted by Gasteiger charge is -2.33. The summed E-state index contributed by atoms with van der Waals surface area (Å²) in [5.74, 6) is -2.99. The van der Waals surface area contributed by atoms with Gasteiger partial charge < -0.3 is 14.7 Å². The van der Waals surface area contributed by atoms with Gasteiger partial charge in [-0.2, -0.15) is 8.78 Å². The van der Waals surface area contributed by atoms with Crippen LogP contribution in [-0.2, 0) is 15.5 Å². The number of aliphatic hydroxyl groups is 1. The quantitative estimate of drug-likeness (QED) is 0.248. The van der Waals surface area contributed by atoms with Crippen molar-refractivity contribution in [2.24, 2.45) is 0 Å². The van der Waals surface area contributed by atoms with Crippen LogP contribution in [0.15, 0.2) is 42.5 Å². The van der Waals surface area contributed by atoms with E-state index in [4.69, 9.17) is 4.74 Å². The maximum Gasteiger partial charge on any atom is 0.306 e. The molecule has 32 heavy (non-hydrogen) atoms. The lowest BCUT2D eigenvalue weighted by Crippen LogP contribution is -2.41. The highest BCUT2D eigenvalue weighted by Crippen LogP contribution is 2.33. The number of benzene rings is 1. The van der Waals surface area contributed by atoms with Crippen LogP contribution in [-0.4, -0.2) is 51.8 Å². The zero-order valence-electron chi connectivity index (χ0n) is 18.7. The van der Waals surface area contributed by atoms with Crippen LogP contribution < -0.4 is 0 Å². The van der Waals surface area contributed by atoms with Crippen molar-refractivity contribution in [2.45, 2.75) is 76.5 Å². The fourth-order valence-electron chi connectivity index (χ4n) is 3.51. The highest BCUT2D eigenvalue weighted by Gasteiger charge is 2.39. The third kappa shape index (κ3) is 8.20. The van der Waals surface area contributed by atoms with E-state index < -0.39 is 12.0 Å². The van der Waals surface area contributed by atoms with Gasteiger partial charge >= 0.3 is 11.9 Å². The second-order valence-corrected chi connectivity index (χ2v) is 9.23. The summed E-state index contributed by atoms with van der Waals surface area (Å²) in [6.07, 6.45) is 4.79. The van der Waals surface area contributed by atoms with Gasteiger partial charge in [-0.1, -0.05) is 67.1 Å². The third-order valence-corrected chi connectivity index (χ3v) is 6.14. The Morgan fingerprint density at radius 3 is 2.62 bits per heavy atom. The van der Waals surface area contributed by atoms with Crippen LogP contribution in [0.5, 0.6) is 0 Å². The first-order valence-corrected chi connectivity index (χ1v) is 12.1. The molecule has 1 aliphatic rings. The molecule has 2 atom stereocenters. The number of esters is 1. The normalized spacial score (nSPS) is 18.4. The van der Waals surface area contributed by atoms with Crippen LogP contribution in [0.25, 0.3) is 0 Å². The summed E-state index contributed by atoms with van der Waals surface area (Å²) in [5.41, 5.74) is -0.249. The molecule has 5 nitrogen and oxygen atoms in total. The van der Waals surface area contributed by atoms with Crippen LogP contribution in [0.3, 0.4) is 0 Å². The maximum atomic E-state index is 14.5. The third-order valence-electron chi connectivity index (χ3n) is 5.22. The van der Waals surface area contributed by atoms with Crippen LogP contribution in [0, 0.1) is 0 Å². The van der Waals surface area contributed by atoms with Crippen molar-refractivity contribution < 1.29 is 28.2 Å². The molecule has 1 heterocycles. The number of aliphatic hydroxyl groups excluding tert-OH is 1. The van der Waals surface area contributed by atoms with E-state index >= 15 is 0 Å². The van der Waals surface area contributed by atoms with Gasteiger partial charge in [-0.3, -0.25) is 9.59 Å². The van der Waals surface area contributed by atoms with Gasteiger partial charge in [-0.05, 0) is 33.1 Å². The Bertz CT molecular complexity index is 758. The highest BCUT2D eigenvalue weighted by molar-refractivity contribution is 8.13. The van der Waals surface area contributed by atoms with E-state index in [9.17, 15) is 23.5 Å². The Kier molecular flexibility index (Phi) is 10.6. The average Bonchev–Trinajstić information content (AvgIpc) is 2.75. The molecule has 2 rings (SSSR count). The molecule has 8 heteroatoms. The molecule has 1 fully saturated rings. The van der Waals surface area contributed by atoms with Crippen molar-refractivity contribution in [1.82, 2.24) is 4.90 Å². The lowest BCUT2D eigenvalue weighted by molar-refractivity contribution is -0.147. The first kappa shape index (κ1) is 26.3. The summed E-state index contributed by atoms with van der Waals surface area (Å²) in [7, 11) is 0. The predicted octanol–water partition coefficient (Wildman–Crippen LogP) is 5.53. The molecule has 2 unspecified atom stereocenters. The van der Waals surface area contributed by atoms with E-state index in [1.54, 1.807) is 11.0 Å². The first-order chi connectivity index (χ1) is 15.2. The van der Waals surface area contributed by atoms with Crippen LogP contribution in [0.4, 0.5) is 13.6 Å². The number of ether oxygens (including phenoxy) is 1. The number of alkyl halides is 2. The Morgan fingerprint density at radius 1 is 1.25 bits per heavy atom. The number of hydrogen-bond donors (Lipinski definition) is 1.